The van der Waals surface area contributed by atoms with Crippen molar-refractivity contribution in [3.63, 3.8) is 0 Å². The van der Waals surface area contributed by atoms with E-state index < -0.39 is 0 Å². The summed E-state index contributed by atoms with van der Waals surface area (Å²) in [7, 11) is 1.66. The van der Waals surface area contributed by atoms with Gasteiger partial charge in [-0.05, 0) is 6.92 Å². The second kappa shape index (κ2) is 3.02. The van der Waals surface area contributed by atoms with Gasteiger partial charge in [0.2, 0.25) is 0 Å². The quantitative estimate of drug-likeness (QED) is 0.598. The number of ketones is 1. The molecule has 0 amide bonds. The first-order valence-corrected chi connectivity index (χ1v) is 4.22. The van der Waals surface area contributed by atoms with E-state index in [1.165, 1.54) is 0 Å². The zero-order valence-corrected chi connectivity index (χ0v) is 8.13. The number of rotatable bonds is 4. The minimum Gasteiger partial charge on any atom is -0.379 e. The highest BCUT2D eigenvalue weighted by molar-refractivity contribution is 5.82. The van der Waals surface area contributed by atoms with Crippen LogP contribution in [0.3, 0.4) is 0 Å². The molecule has 0 radical (unpaired) electrons. The van der Waals surface area contributed by atoms with Crippen LogP contribution in [0.5, 0.6) is 0 Å². The summed E-state index contributed by atoms with van der Waals surface area (Å²) in [4.78, 5) is 11.3. The lowest BCUT2D eigenvalue weighted by Gasteiger charge is -2.30. The summed E-state index contributed by atoms with van der Waals surface area (Å²) in [6, 6.07) is 0. The van der Waals surface area contributed by atoms with E-state index in [1.54, 1.807) is 14.0 Å². The van der Waals surface area contributed by atoms with Gasteiger partial charge in [0.05, 0.1) is 11.5 Å². The molecule has 1 rings (SSSR count). The smallest absolute Gasteiger partial charge is 0.138 e. The Morgan fingerprint density at radius 2 is 2.00 bits per heavy atom. The number of hydrogen-bond acceptors (Lipinski definition) is 2. The molecule has 0 spiro atoms. The first-order chi connectivity index (χ1) is 5.50. The Bertz CT molecular complexity index is 210. The second-order valence-corrected chi connectivity index (χ2v) is 3.90. The van der Waals surface area contributed by atoms with Crippen LogP contribution in [0.4, 0.5) is 0 Å². The monoisotopic (exact) mass is 168 g/mol. The van der Waals surface area contributed by atoms with Gasteiger partial charge in [-0.15, -0.1) is 0 Å². The first kappa shape index (κ1) is 9.46. The van der Waals surface area contributed by atoms with Crippen LogP contribution in [0.1, 0.15) is 20.8 Å². The van der Waals surface area contributed by atoms with Crippen molar-refractivity contribution in [1.29, 1.82) is 0 Å². The Balaban J connectivity index is 2.68. The molecule has 1 aliphatic rings. The van der Waals surface area contributed by atoms with E-state index in [0.717, 1.165) is 0 Å². The third kappa shape index (κ3) is 1.58. The van der Waals surface area contributed by atoms with Crippen molar-refractivity contribution in [3.05, 3.63) is 12.2 Å². The maximum absolute atomic E-state index is 11.3. The summed E-state index contributed by atoms with van der Waals surface area (Å²) in [5.41, 5.74) is -0.372. The highest BCUT2D eigenvalue weighted by atomic mass is 16.5. The summed E-state index contributed by atoms with van der Waals surface area (Å²) < 4.78 is 5.32. The van der Waals surface area contributed by atoms with Crippen LogP contribution in [-0.2, 0) is 9.53 Å². The van der Waals surface area contributed by atoms with Gasteiger partial charge in [-0.25, -0.2) is 0 Å². The number of carbonyl (C=O) groups is 1. The predicted octanol–water partition coefficient (Wildman–Crippen LogP) is 1.80. The molecule has 68 valence electrons. The molecule has 0 aromatic carbocycles. The van der Waals surface area contributed by atoms with E-state index in [1.807, 2.05) is 13.8 Å². The van der Waals surface area contributed by atoms with Crippen molar-refractivity contribution in [2.75, 3.05) is 7.11 Å². The van der Waals surface area contributed by atoms with E-state index in [2.05, 4.69) is 12.2 Å². The van der Waals surface area contributed by atoms with Gasteiger partial charge in [0.25, 0.3) is 0 Å². The summed E-state index contributed by atoms with van der Waals surface area (Å²) in [5, 5.41) is 0. The third-order valence-corrected chi connectivity index (χ3v) is 2.64. The standard InChI is InChI=1S/C10H16O2/c1-7(11)10(2,3)9(12-4)8-5-6-8/h5-6,8-9H,1-4H3. The number of carbonyl (C=O) groups excluding carboxylic acids is 1. The zero-order valence-electron chi connectivity index (χ0n) is 8.13. The molecule has 2 nitrogen and oxygen atoms in total. The maximum Gasteiger partial charge on any atom is 0.138 e. The molecule has 12 heavy (non-hydrogen) atoms. The lowest BCUT2D eigenvalue weighted by molar-refractivity contribution is -0.133. The Labute approximate surface area is 73.6 Å². The van der Waals surface area contributed by atoms with Crippen molar-refractivity contribution in [2.24, 2.45) is 11.3 Å². The Kier molecular flexibility index (Phi) is 2.38. The highest BCUT2D eigenvalue weighted by Gasteiger charge is 2.40. The van der Waals surface area contributed by atoms with Crippen molar-refractivity contribution >= 4 is 5.78 Å². The lowest BCUT2D eigenvalue weighted by Crippen LogP contribution is -2.39. The highest BCUT2D eigenvalue weighted by Crippen LogP contribution is 2.36. The van der Waals surface area contributed by atoms with Crippen LogP contribution >= 0.6 is 0 Å². The molecule has 0 bridgehead atoms. The van der Waals surface area contributed by atoms with Crippen molar-refractivity contribution in [1.82, 2.24) is 0 Å². The maximum atomic E-state index is 11.3. The SMILES string of the molecule is COC(C1C=C1)C(C)(C)C(C)=O. The predicted molar refractivity (Wildman–Crippen MR) is 47.9 cm³/mol. The second-order valence-electron chi connectivity index (χ2n) is 3.90. The molecule has 0 saturated carbocycles. The van der Waals surface area contributed by atoms with Crippen molar-refractivity contribution < 1.29 is 9.53 Å². The van der Waals surface area contributed by atoms with Gasteiger partial charge in [-0.2, -0.15) is 0 Å². The summed E-state index contributed by atoms with van der Waals surface area (Å²) >= 11 is 0. The van der Waals surface area contributed by atoms with Gasteiger partial charge >= 0.3 is 0 Å². The molecule has 1 aliphatic carbocycles. The van der Waals surface area contributed by atoms with Crippen LogP contribution < -0.4 is 0 Å². The van der Waals surface area contributed by atoms with E-state index in [9.17, 15) is 4.79 Å². The van der Waals surface area contributed by atoms with Gasteiger partial charge in [0.1, 0.15) is 5.78 Å². The van der Waals surface area contributed by atoms with Crippen LogP contribution in [-0.4, -0.2) is 19.0 Å². The number of ether oxygens (including phenoxy) is 1. The Morgan fingerprint density at radius 3 is 2.25 bits per heavy atom. The van der Waals surface area contributed by atoms with Gasteiger partial charge in [0, 0.05) is 13.0 Å². The van der Waals surface area contributed by atoms with Gasteiger partial charge in [-0.1, -0.05) is 26.0 Å². The molecule has 0 fully saturated rings. The number of methoxy groups -OCH3 is 1. The lowest BCUT2D eigenvalue weighted by atomic mass is 9.80. The van der Waals surface area contributed by atoms with Crippen molar-refractivity contribution in [3.8, 4) is 0 Å². The van der Waals surface area contributed by atoms with Gasteiger partial charge in [0.15, 0.2) is 0 Å². The van der Waals surface area contributed by atoms with Crippen LogP contribution in [0.25, 0.3) is 0 Å². The molecule has 0 aromatic rings. The Morgan fingerprint density at radius 1 is 1.50 bits per heavy atom. The van der Waals surface area contributed by atoms with Crippen molar-refractivity contribution in [2.45, 2.75) is 26.9 Å². The van der Waals surface area contributed by atoms with E-state index in [4.69, 9.17) is 4.74 Å². The average molecular weight is 168 g/mol. The molecule has 0 heterocycles. The van der Waals surface area contributed by atoms with Gasteiger partial charge in [-0.3, -0.25) is 4.79 Å². The fourth-order valence-corrected chi connectivity index (χ4v) is 1.40. The molecule has 0 saturated heterocycles. The fraction of sp³-hybridized carbons (Fsp3) is 0.700. The van der Waals surface area contributed by atoms with E-state index in [-0.39, 0.29) is 17.3 Å². The van der Waals surface area contributed by atoms with E-state index in [0.29, 0.717) is 5.92 Å². The van der Waals surface area contributed by atoms with Crippen LogP contribution in [0.2, 0.25) is 0 Å². The fourth-order valence-electron chi connectivity index (χ4n) is 1.40. The largest absolute Gasteiger partial charge is 0.379 e. The normalized spacial score (nSPS) is 19.3. The topological polar surface area (TPSA) is 26.3 Å². The van der Waals surface area contributed by atoms with Gasteiger partial charge < -0.3 is 4.74 Å². The number of hydrogen-bond donors (Lipinski definition) is 0. The van der Waals surface area contributed by atoms with Crippen LogP contribution in [0, 0.1) is 11.3 Å². The van der Waals surface area contributed by atoms with E-state index >= 15 is 0 Å². The summed E-state index contributed by atoms with van der Waals surface area (Å²) in [6.45, 7) is 5.49. The average Bonchev–Trinajstić information content (AvgIpc) is 2.72. The molecular weight excluding hydrogens is 152 g/mol. The summed E-state index contributed by atoms with van der Waals surface area (Å²) in [5.74, 6) is 0.553. The zero-order chi connectivity index (χ0) is 9.35. The summed E-state index contributed by atoms with van der Waals surface area (Å²) in [6.07, 6.45) is 4.15. The molecule has 0 aliphatic heterocycles. The minimum absolute atomic E-state index is 0.00926. The number of Topliss-reactive ketones (excluding diaryl/α,β-unsaturated/α-hetero) is 1. The Hall–Kier alpha value is -0.630. The molecule has 0 N–H and O–H groups in total. The van der Waals surface area contributed by atoms with Crippen LogP contribution in [0.15, 0.2) is 12.2 Å². The molecule has 1 unspecified atom stereocenters. The molecule has 0 aromatic heterocycles. The molecule has 2 heteroatoms. The first-order valence-electron chi connectivity index (χ1n) is 4.22. The third-order valence-electron chi connectivity index (χ3n) is 2.64. The molecule has 1 atom stereocenters. The minimum atomic E-state index is -0.372. The molecular formula is C10H16O2.